The predicted molar refractivity (Wildman–Crippen MR) is 116 cm³/mol. The van der Waals surface area contributed by atoms with Gasteiger partial charge in [-0.3, -0.25) is 9.59 Å². The molecule has 0 aliphatic carbocycles. The third-order valence-corrected chi connectivity index (χ3v) is 4.90. The fourth-order valence-electron chi connectivity index (χ4n) is 3.27. The number of methoxy groups -OCH3 is 1. The lowest BCUT2D eigenvalue weighted by Gasteiger charge is -2.31. The lowest BCUT2D eigenvalue weighted by molar-refractivity contribution is -0.140. The number of rotatable bonds is 11. The van der Waals surface area contributed by atoms with E-state index in [-0.39, 0.29) is 18.2 Å². The first-order valence-corrected chi connectivity index (χ1v) is 10.3. The van der Waals surface area contributed by atoms with Crippen LogP contribution in [0.4, 0.5) is 0 Å². The fourth-order valence-corrected chi connectivity index (χ4v) is 3.27. The maximum absolute atomic E-state index is 13.2. The molecule has 0 unspecified atom stereocenters. The van der Waals surface area contributed by atoms with Crippen molar-refractivity contribution in [3.63, 3.8) is 0 Å². The summed E-state index contributed by atoms with van der Waals surface area (Å²) in [7, 11) is 1.62. The largest absolute Gasteiger partial charge is 0.497 e. The van der Waals surface area contributed by atoms with Gasteiger partial charge in [-0.2, -0.15) is 0 Å². The Morgan fingerprint density at radius 3 is 2.41 bits per heavy atom. The van der Waals surface area contributed by atoms with Gasteiger partial charge in [0.25, 0.3) is 0 Å². The van der Waals surface area contributed by atoms with Gasteiger partial charge >= 0.3 is 0 Å². The van der Waals surface area contributed by atoms with E-state index >= 15 is 0 Å². The quantitative estimate of drug-likeness (QED) is 0.585. The lowest BCUT2D eigenvalue weighted by atomic mass is 10.1. The van der Waals surface area contributed by atoms with Gasteiger partial charge in [0, 0.05) is 13.1 Å². The molecule has 0 heterocycles. The summed E-state index contributed by atoms with van der Waals surface area (Å²) in [6.07, 6.45) is 2.76. The number of carbonyl (C=O) groups excluding carboxylic acids is 2. The molecule has 1 atom stereocenters. The van der Waals surface area contributed by atoms with Crippen LogP contribution in [0, 0.1) is 0 Å². The maximum atomic E-state index is 13.2. The van der Waals surface area contributed by atoms with Gasteiger partial charge < -0.3 is 15.0 Å². The van der Waals surface area contributed by atoms with Crippen LogP contribution in [0.1, 0.15) is 44.2 Å². The minimum Gasteiger partial charge on any atom is -0.497 e. The molecular weight excluding hydrogens is 364 g/mol. The SMILES string of the molecule is CCCCNC(=O)[C@H](CC)N(Cc1cccc(OC)c1)C(=O)Cc1ccccc1. The minimum absolute atomic E-state index is 0.0588. The van der Waals surface area contributed by atoms with E-state index in [1.54, 1.807) is 12.0 Å². The van der Waals surface area contributed by atoms with Crippen molar-refractivity contribution in [2.45, 2.75) is 52.1 Å². The van der Waals surface area contributed by atoms with Crippen molar-refractivity contribution in [2.24, 2.45) is 0 Å². The number of hydrogen-bond acceptors (Lipinski definition) is 3. The zero-order valence-electron chi connectivity index (χ0n) is 17.7. The number of nitrogens with zero attached hydrogens (tertiary/aromatic N) is 1. The molecule has 2 aromatic carbocycles. The molecule has 0 saturated heterocycles. The summed E-state index contributed by atoms with van der Waals surface area (Å²) in [5.41, 5.74) is 1.87. The van der Waals surface area contributed by atoms with Gasteiger partial charge in [0.05, 0.1) is 13.5 Å². The zero-order valence-corrected chi connectivity index (χ0v) is 17.7. The van der Waals surface area contributed by atoms with E-state index < -0.39 is 6.04 Å². The second-order valence-electron chi connectivity index (χ2n) is 7.10. The zero-order chi connectivity index (χ0) is 21.1. The highest BCUT2D eigenvalue weighted by molar-refractivity contribution is 5.88. The number of amides is 2. The van der Waals surface area contributed by atoms with Gasteiger partial charge in [-0.05, 0) is 36.1 Å². The van der Waals surface area contributed by atoms with Crippen molar-refractivity contribution in [3.8, 4) is 5.75 Å². The fraction of sp³-hybridized carbons (Fsp3) is 0.417. The molecular formula is C24H32N2O3. The van der Waals surface area contributed by atoms with E-state index in [2.05, 4.69) is 12.2 Å². The molecule has 0 saturated carbocycles. The lowest BCUT2D eigenvalue weighted by Crippen LogP contribution is -2.49. The van der Waals surface area contributed by atoms with Crippen LogP contribution in [-0.4, -0.2) is 36.4 Å². The molecule has 0 radical (unpaired) electrons. The molecule has 5 nitrogen and oxygen atoms in total. The Morgan fingerprint density at radius 1 is 1.03 bits per heavy atom. The van der Waals surface area contributed by atoms with Crippen molar-refractivity contribution in [1.82, 2.24) is 10.2 Å². The van der Waals surface area contributed by atoms with E-state index in [1.807, 2.05) is 61.5 Å². The van der Waals surface area contributed by atoms with Crippen LogP contribution in [0.5, 0.6) is 5.75 Å². The molecule has 0 spiro atoms. The molecule has 29 heavy (non-hydrogen) atoms. The standard InChI is InChI=1S/C24H32N2O3/c1-4-6-15-25-24(28)22(5-2)26(18-20-13-10-14-21(16-20)29-3)23(27)17-19-11-8-7-9-12-19/h7-14,16,22H,4-6,15,17-18H2,1-3H3,(H,25,28)/t22-/m0/s1. The minimum atomic E-state index is -0.505. The molecule has 2 rings (SSSR count). The Morgan fingerprint density at radius 2 is 1.76 bits per heavy atom. The molecule has 2 aromatic rings. The maximum Gasteiger partial charge on any atom is 0.242 e. The molecule has 2 amide bonds. The third kappa shape index (κ3) is 6.93. The van der Waals surface area contributed by atoms with E-state index in [1.165, 1.54) is 0 Å². The second-order valence-corrected chi connectivity index (χ2v) is 7.10. The third-order valence-electron chi connectivity index (χ3n) is 4.90. The Hall–Kier alpha value is -2.82. The molecule has 0 bridgehead atoms. The number of unbranched alkanes of at least 4 members (excludes halogenated alkanes) is 1. The molecule has 0 aliphatic rings. The van der Waals surface area contributed by atoms with Crippen LogP contribution < -0.4 is 10.1 Å². The van der Waals surface area contributed by atoms with Crippen molar-refractivity contribution < 1.29 is 14.3 Å². The summed E-state index contributed by atoms with van der Waals surface area (Å²) in [6.45, 7) is 5.02. The van der Waals surface area contributed by atoms with Crippen molar-refractivity contribution in [2.75, 3.05) is 13.7 Å². The van der Waals surface area contributed by atoms with Crippen LogP contribution in [0.3, 0.4) is 0 Å². The smallest absolute Gasteiger partial charge is 0.242 e. The molecule has 0 aromatic heterocycles. The van der Waals surface area contributed by atoms with Gasteiger partial charge in [0.15, 0.2) is 0 Å². The number of carbonyl (C=O) groups is 2. The van der Waals surface area contributed by atoms with Gasteiger partial charge in [0.1, 0.15) is 11.8 Å². The Bertz CT molecular complexity index is 777. The van der Waals surface area contributed by atoms with Crippen molar-refractivity contribution in [3.05, 3.63) is 65.7 Å². The molecule has 1 N–H and O–H groups in total. The van der Waals surface area contributed by atoms with Crippen LogP contribution in [0.25, 0.3) is 0 Å². The van der Waals surface area contributed by atoms with Crippen molar-refractivity contribution >= 4 is 11.8 Å². The monoisotopic (exact) mass is 396 g/mol. The first kappa shape index (κ1) is 22.5. The number of nitrogens with one attached hydrogen (secondary N) is 1. The van der Waals surface area contributed by atoms with Gasteiger partial charge in [-0.25, -0.2) is 0 Å². The highest BCUT2D eigenvalue weighted by atomic mass is 16.5. The second kappa shape index (κ2) is 11.9. The van der Waals surface area contributed by atoms with Crippen LogP contribution in [-0.2, 0) is 22.6 Å². The summed E-state index contributed by atoms with van der Waals surface area (Å²) in [4.78, 5) is 27.7. The average molecular weight is 397 g/mol. The van der Waals surface area contributed by atoms with Crippen LogP contribution in [0.15, 0.2) is 54.6 Å². The highest BCUT2D eigenvalue weighted by Gasteiger charge is 2.28. The first-order chi connectivity index (χ1) is 14.1. The van der Waals surface area contributed by atoms with Gasteiger partial charge in [0.2, 0.25) is 11.8 Å². The molecule has 156 valence electrons. The number of benzene rings is 2. The first-order valence-electron chi connectivity index (χ1n) is 10.3. The average Bonchev–Trinajstić information content (AvgIpc) is 2.74. The van der Waals surface area contributed by atoms with E-state index in [9.17, 15) is 9.59 Å². The van der Waals surface area contributed by atoms with E-state index in [0.717, 1.165) is 29.7 Å². The summed E-state index contributed by atoms with van der Waals surface area (Å²) < 4.78 is 5.31. The molecule has 5 heteroatoms. The highest BCUT2D eigenvalue weighted by Crippen LogP contribution is 2.18. The Kier molecular flexibility index (Phi) is 9.22. The molecule has 0 aliphatic heterocycles. The topological polar surface area (TPSA) is 58.6 Å². The van der Waals surface area contributed by atoms with E-state index in [0.29, 0.717) is 19.5 Å². The molecule has 0 fully saturated rings. The summed E-state index contributed by atoms with van der Waals surface area (Å²) in [5.74, 6) is 0.583. The summed E-state index contributed by atoms with van der Waals surface area (Å²) in [6, 6.07) is 16.8. The van der Waals surface area contributed by atoms with E-state index in [4.69, 9.17) is 4.74 Å². The van der Waals surface area contributed by atoms with Crippen LogP contribution in [0.2, 0.25) is 0 Å². The van der Waals surface area contributed by atoms with Crippen molar-refractivity contribution in [1.29, 1.82) is 0 Å². The predicted octanol–water partition coefficient (Wildman–Crippen LogP) is 3.96. The summed E-state index contributed by atoms with van der Waals surface area (Å²) >= 11 is 0. The van der Waals surface area contributed by atoms with Gasteiger partial charge in [-0.1, -0.05) is 62.7 Å². The normalized spacial score (nSPS) is 11.6. The van der Waals surface area contributed by atoms with Gasteiger partial charge in [-0.15, -0.1) is 0 Å². The number of hydrogen-bond donors (Lipinski definition) is 1. The Labute approximate surface area is 174 Å². The number of ether oxygens (including phenoxy) is 1. The van der Waals surface area contributed by atoms with Crippen LogP contribution >= 0.6 is 0 Å². The summed E-state index contributed by atoms with van der Waals surface area (Å²) in [5, 5.41) is 2.98. The Balaban J connectivity index is 2.24.